The van der Waals surface area contributed by atoms with Gasteiger partial charge in [0.15, 0.2) is 0 Å². The maximum Gasteiger partial charge on any atom is 0.336 e. The summed E-state index contributed by atoms with van der Waals surface area (Å²) in [6.07, 6.45) is 2.42. The van der Waals surface area contributed by atoms with Gasteiger partial charge in [0.25, 0.3) is 5.91 Å². The Hall–Kier alpha value is -2.41. The fourth-order valence-corrected chi connectivity index (χ4v) is 1.61. The summed E-state index contributed by atoms with van der Waals surface area (Å²) in [5.74, 6) is -0.901. The molecule has 0 saturated carbocycles. The van der Waals surface area contributed by atoms with E-state index in [2.05, 4.69) is 20.5 Å². The SMILES string of the molecule is COc1n[nH]c(NC(=O)/C=C/c2c(F)cccc2Cl)n1. The maximum absolute atomic E-state index is 13.5. The van der Waals surface area contributed by atoms with Crippen LogP contribution in [0.15, 0.2) is 24.3 Å². The molecule has 0 aliphatic heterocycles. The highest BCUT2D eigenvalue weighted by Gasteiger charge is 2.06. The van der Waals surface area contributed by atoms with E-state index in [9.17, 15) is 9.18 Å². The average molecular weight is 297 g/mol. The second-order valence-corrected chi connectivity index (χ2v) is 4.04. The number of hydrogen-bond acceptors (Lipinski definition) is 4. The lowest BCUT2D eigenvalue weighted by molar-refractivity contribution is -0.111. The molecular weight excluding hydrogens is 287 g/mol. The molecule has 0 bridgehead atoms. The molecule has 1 heterocycles. The molecule has 1 amide bonds. The third-order valence-corrected chi connectivity index (χ3v) is 2.62. The lowest BCUT2D eigenvalue weighted by atomic mass is 10.2. The number of carbonyl (C=O) groups is 1. The van der Waals surface area contributed by atoms with Crippen LogP contribution in [0.25, 0.3) is 6.08 Å². The van der Waals surface area contributed by atoms with Gasteiger partial charge in [-0.05, 0) is 18.2 Å². The first-order chi connectivity index (χ1) is 9.60. The molecule has 0 fully saturated rings. The Morgan fingerprint density at radius 2 is 2.35 bits per heavy atom. The summed E-state index contributed by atoms with van der Waals surface area (Å²) in [5, 5.41) is 8.74. The number of carbonyl (C=O) groups excluding carboxylic acids is 1. The topological polar surface area (TPSA) is 79.9 Å². The predicted octanol–water partition coefficient (Wildman–Crippen LogP) is 2.26. The second kappa shape index (κ2) is 6.16. The Morgan fingerprint density at radius 1 is 1.55 bits per heavy atom. The first-order valence-electron chi connectivity index (χ1n) is 5.49. The van der Waals surface area contributed by atoms with E-state index in [1.165, 1.54) is 31.4 Å². The molecule has 2 rings (SSSR count). The van der Waals surface area contributed by atoms with Gasteiger partial charge in [-0.3, -0.25) is 10.1 Å². The minimum Gasteiger partial charge on any atom is -0.466 e. The molecule has 0 aliphatic carbocycles. The molecule has 0 spiro atoms. The highest BCUT2D eigenvalue weighted by Crippen LogP contribution is 2.20. The monoisotopic (exact) mass is 296 g/mol. The van der Waals surface area contributed by atoms with Gasteiger partial charge in [0.1, 0.15) is 5.82 Å². The van der Waals surface area contributed by atoms with Crippen molar-refractivity contribution >= 4 is 29.5 Å². The summed E-state index contributed by atoms with van der Waals surface area (Å²) in [7, 11) is 1.40. The molecule has 104 valence electrons. The average Bonchev–Trinajstić information content (AvgIpc) is 2.86. The van der Waals surface area contributed by atoms with E-state index in [1.54, 1.807) is 0 Å². The minimum absolute atomic E-state index is 0.0985. The number of nitrogens with one attached hydrogen (secondary N) is 2. The van der Waals surface area contributed by atoms with Crippen LogP contribution < -0.4 is 10.1 Å². The van der Waals surface area contributed by atoms with Gasteiger partial charge in [-0.2, -0.15) is 4.98 Å². The lowest BCUT2D eigenvalue weighted by Gasteiger charge is -1.99. The number of anilines is 1. The summed E-state index contributed by atoms with van der Waals surface area (Å²) >= 11 is 5.83. The fourth-order valence-electron chi connectivity index (χ4n) is 1.38. The third kappa shape index (κ3) is 3.33. The van der Waals surface area contributed by atoms with Crippen molar-refractivity contribution in [3.05, 3.63) is 40.7 Å². The lowest BCUT2D eigenvalue weighted by Crippen LogP contribution is -2.09. The van der Waals surface area contributed by atoms with E-state index in [0.29, 0.717) is 0 Å². The number of H-pyrrole nitrogens is 1. The van der Waals surface area contributed by atoms with Crippen LogP contribution in [0.2, 0.25) is 5.02 Å². The van der Waals surface area contributed by atoms with Crippen molar-refractivity contribution in [2.24, 2.45) is 0 Å². The molecule has 2 aromatic rings. The van der Waals surface area contributed by atoms with Gasteiger partial charge in [0.2, 0.25) is 5.95 Å². The van der Waals surface area contributed by atoms with Crippen molar-refractivity contribution in [1.29, 1.82) is 0 Å². The number of nitrogens with zero attached hydrogens (tertiary/aromatic N) is 2. The predicted molar refractivity (Wildman–Crippen MR) is 72.0 cm³/mol. The second-order valence-electron chi connectivity index (χ2n) is 3.63. The number of hydrogen-bond donors (Lipinski definition) is 2. The molecule has 2 N–H and O–H groups in total. The molecule has 0 radical (unpaired) electrons. The van der Waals surface area contributed by atoms with Crippen molar-refractivity contribution in [2.45, 2.75) is 0 Å². The Labute approximate surface area is 118 Å². The van der Waals surface area contributed by atoms with Crippen LogP contribution in [0.4, 0.5) is 10.3 Å². The Balaban J connectivity index is 2.06. The van der Waals surface area contributed by atoms with Gasteiger partial charge in [-0.15, -0.1) is 5.10 Å². The fraction of sp³-hybridized carbons (Fsp3) is 0.0833. The first kappa shape index (κ1) is 14.0. The molecule has 0 saturated heterocycles. The van der Waals surface area contributed by atoms with Gasteiger partial charge in [0.05, 0.1) is 12.1 Å². The highest BCUT2D eigenvalue weighted by atomic mass is 35.5. The Kier molecular flexibility index (Phi) is 4.31. The van der Waals surface area contributed by atoms with Gasteiger partial charge < -0.3 is 4.74 Å². The van der Waals surface area contributed by atoms with E-state index in [4.69, 9.17) is 16.3 Å². The zero-order valence-corrected chi connectivity index (χ0v) is 11.1. The van der Waals surface area contributed by atoms with Crippen LogP contribution in [0.1, 0.15) is 5.56 Å². The quantitative estimate of drug-likeness (QED) is 0.848. The van der Waals surface area contributed by atoms with Crippen LogP contribution in [0.5, 0.6) is 6.01 Å². The summed E-state index contributed by atoms with van der Waals surface area (Å²) in [5.41, 5.74) is 0.138. The number of halogens is 2. The van der Waals surface area contributed by atoms with E-state index in [-0.39, 0.29) is 22.5 Å². The standard InChI is InChI=1S/C12H10ClFN4O2/c1-20-12-16-11(17-18-12)15-10(19)6-5-7-8(13)3-2-4-9(7)14/h2-6H,1H3,(H2,15,16,17,18,19)/b6-5+. The number of benzene rings is 1. The number of aromatic nitrogens is 3. The van der Waals surface area contributed by atoms with E-state index < -0.39 is 11.7 Å². The number of amides is 1. The number of rotatable bonds is 4. The Morgan fingerprint density at radius 3 is 3.00 bits per heavy atom. The van der Waals surface area contributed by atoms with E-state index in [1.807, 2.05) is 0 Å². The Bertz CT molecular complexity index is 636. The van der Waals surface area contributed by atoms with Gasteiger partial charge in [-0.1, -0.05) is 17.7 Å². The molecule has 0 atom stereocenters. The highest BCUT2D eigenvalue weighted by molar-refractivity contribution is 6.32. The van der Waals surface area contributed by atoms with E-state index in [0.717, 1.165) is 6.08 Å². The van der Waals surface area contributed by atoms with Crippen molar-refractivity contribution in [2.75, 3.05) is 12.4 Å². The molecule has 1 aromatic carbocycles. The van der Waals surface area contributed by atoms with E-state index >= 15 is 0 Å². The molecule has 1 aromatic heterocycles. The van der Waals surface area contributed by atoms with Crippen LogP contribution in [0, 0.1) is 5.82 Å². The third-order valence-electron chi connectivity index (χ3n) is 2.29. The van der Waals surface area contributed by atoms with Crippen LogP contribution >= 0.6 is 11.6 Å². The zero-order valence-electron chi connectivity index (χ0n) is 10.4. The maximum atomic E-state index is 13.5. The van der Waals surface area contributed by atoms with Crippen molar-refractivity contribution in [3.63, 3.8) is 0 Å². The first-order valence-corrected chi connectivity index (χ1v) is 5.87. The summed E-state index contributed by atoms with van der Waals surface area (Å²) in [4.78, 5) is 15.4. The number of methoxy groups -OCH3 is 1. The van der Waals surface area contributed by atoms with Crippen molar-refractivity contribution in [3.8, 4) is 6.01 Å². The van der Waals surface area contributed by atoms with Gasteiger partial charge in [-0.25, -0.2) is 9.49 Å². The number of aromatic amines is 1. The summed E-state index contributed by atoms with van der Waals surface area (Å²) in [6.45, 7) is 0. The molecule has 6 nitrogen and oxygen atoms in total. The van der Waals surface area contributed by atoms with Crippen LogP contribution in [-0.4, -0.2) is 28.2 Å². The van der Waals surface area contributed by atoms with Crippen molar-refractivity contribution < 1.29 is 13.9 Å². The van der Waals surface area contributed by atoms with Crippen molar-refractivity contribution in [1.82, 2.24) is 15.2 Å². The molecule has 8 heteroatoms. The minimum atomic E-state index is -0.511. The summed E-state index contributed by atoms with van der Waals surface area (Å²) in [6, 6.07) is 4.37. The van der Waals surface area contributed by atoms with Gasteiger partial charge in [0, 0.05) is 11.6 Å². The molecule has 20 heavy (non-hydrogen) atoms. The molecule has 0 unspecified atom stereocenters. The summed E-state index contributed by atoms with van der Waals surface area (Å²) < 4.78 is 18.2. The normalized spacial score (nSPS) is 10.8. The smallest absolute Gasteiger partial charge is 0.336 e. The number of ether oxygens (including phenoxy) is 1. The van der Waals surface area contributed by atoms with Crippen LogP contribution in [-0.2, 0) is 4.79 Å². The largest absolute Gasteiger partial charge is 0.466 e. The van der Waals surface area contributed by atoms with Crippen LogP contribution in [0.3, 0.4) is 0 Å². The zero-order chi connectivity index (χ0) is 14.5. The molecular formula is C12H10ClFN4O2. The molecule has 0 aliphatic rings. The van der Waals surface area contributed by atoms with Gasteiger partial charge >= 0.3 is 6.01 Å².